The molecule has 7 nitrogen and oxygen atoms in total. The van der Waals surface area contributed by atoms with Crippen LogP contribution in [0.5, 0.6) is 0 Å². The number of carbonyl (C=O) groups excluding carboxylic acids is 2. The number of amides is 1. The van der Waals surface area contributed by atoms with Crippen molar-refractivity contribution in [3.8, 4) is 0 Å². The Morgan fingerprint density at radius 2 is 1.67 bits per heavy atom. The number of hydrogen-bond acceptors (Lipinski definition) is 6. The molecule has 0 aliphatic carbocycles. The Morgan fingerprint density at radius 1 is 1.10 bits per heavy atom. The van der Waals surface area contributed by atoms with Gasteiger partial charge in [-0.25, -0.2) is 9.59 Å². The molecule has 21 heavy (non-hydrogen) atoms. The van der Waals surface area contributed by atoms with Gasteiger partial charge in [-0.1, -0.05) is 13.5 Å². The van der Waals surface area contributed by atoms with Gasteiger partial charge in [0.1, 0.15) is 13.2 Å². The van der Waals surface area contributed by atoms with Crippen LogP contribution >= 0.6 is 0 Å². The predicted octanol–water partition coefficient (Wildman–Crippen LogP) is 1.13. The van der Waals surface area contributed by atoms with E-state index in [1.54, 1.807) is 21.1 Å². The second-order valence-electron chi connectivity index (χ2n) is 5.10. The molecule has 0 aromatic heterocycles. The summed E-state index contributed by atoms with van der Waals surface area (Å²) in [6, 6.07) is 0. The lowest BCUT2D eigenvalue weighted by atomic mass is 9.94. The van der Waals surface area contributed by atoms with Crippen molar-refractivity contribution in [2.75, 3.05) is 47.2 Å². The van der Waals surface area contributed by atoms with Crippen molar-refractivity contribution in [1.29, 1.82) is 0 Å². The van der Waals surface area contributed by atoms with Crippen molar-refractivity contribution in [1.82, 2.24) is 5.32 Å². The third kappa shape index (κ3) is 9.04. The van der Waals surface area contributed by atoms with Gasteiger partial charge in [0.2, 0.25) is 0 Å². The number of methoxy groups -OCH3 is 2. The first kappa shape index (κ1) is 19.4. The van der Waals surface area contributed by atoms with Crippen molar-refractivity contribution in [2.45, 2.75) is 13.8 Å². The van der Waals surface area contributed by atoms with E-state index in [-0.39, 0.29) is 19.8 Å². The Morgan fingerprint density at radius 3 is 2.14 bits per heavy atom. The van der Waals surface area contributed by atoms with Crippen LogP contribution in [0, 0.1) is 5.41 Å². The fraction of sp³-hybridized carbons (Fsp3) is 0.714. The molecular formula is C14H25NO6. The number of rotatable bonds is 10. The molecule has 0 spiro atoms. The Kier molecular flexibility index (Phi) is 9.40. The topological polar surface area (TPSA) is 83.1 Å². The molecule has 0 aromatic rings. The molecule has 122 valence electrons. The molecule has 1 amide bonds. The lowest BCUT2D eigenvalue weighted by Gasteiger charge is -2.27. The smallest absolute Gasteiger partial charge is 0.407 e. The molecule has 0 unspecified atom stereocenters. The minimum Gasteiger partial charge on any atom is -0.460 e. The van der Waals surface area contributed by atoms with Gasteiger partial charge in [-0.05, 0) is 6.92 Å². The molecule has 7 heteroatoms. The highest BCUT2D eigenvalue weighted by Gasteiger charge is 2.26. The fourth-order valence-corrected chi connectivity index (χ4v) is 1.53. The third-order valence-electron chi connectivity index (χ3n) is 2.49. The van der Waals surface area contributed by atoms with Crippen molar-refractivity contribution in [3.05, 3.63) is 12.2 Å². The van der Waals surface area contributed by atoms with Crippen molar-refractivity contribution in [3.63, 3.8) is 0 Å². The maximum absolute atomic E-state index is 11.5. The first-order valence-electron chi connectivity index (χ1n) is 6.56. The van der Waals surface area contributed by atoms with Crippen LogP contribution in [0.4, 0.5) is 4.79 Å². The van der Waals surface area contributed by atoms with E-state index < -0.39 is 17.5 Å². The second kappa shape index (κ2) is 10.2. The summed E-state index contributed by atoms with van der Waals surface area (Å²) in [7, 11) is 3.15. The van der Waals surface area contributed by atoms with Crippen molar-refractivity contribution in [2.24, 2.45) is 5.41 Å². The molecule has 0 heterocycles. The maximum Gasteiger partial charge on any atom is 0.407 e. The number of alkyl carbamates (subject to hydrolysis) is 1. The van der Waals surface area contributed by atoms with Gasteiger partial charge in [-0.15, -0.1) is 0 Å². The SMILES string of the molecule is C=C(C)C(=O)OCCNC(=O)OCC(C)(COC)COC. The average molecular weight is 303 g/mol. The van der Waals surface area contributed by atoms with Crippen LogP contribution < -0.4 is 5.32 Å². The molecule has 0 saturated carbocycles. The molecule has 0 rings (SSSR count). The predicted molar refractivity (Wildman–Crippen MR) is 77.0 cm³/mol. The summed E-state index contributed by atoms with van der Waals surface area (Å²) in [5.74, 6) is -0.488. The summed E-state index contributed by atoms with van der Waals surface area (Å²) in [5.41, 5.74) is -0.0970. The Bertz CT molecular complexity index is 349. The molecule has 0 atom stereocenters. The average Bonchev–Trinajstić information content (AvgIpc) is 2.41. The van der Waals surface area contributed by atoms with Gasteiger partial charge in [0.15, 0.2) is 0 Å². The normalized spacial score (nSPS) is 10.9. The van der Waals surface area contributed by atoms with Crippen LogP contribution in [0.3, 0.4) is 0 Å². The molecule has 0 bridgehead atoms. The Hall–Kier alpha value is -1.60. The Balaban J connectivity index is 3.93. The van der Waals surface area contributed by atoms with Crippen LogP contribution in [0.1, 0.15) is 13.8 Å². The summed E-state index contributed by atoms with van der Waals surface area (Å²) in [6.07, 6.45) is -0.584. The van der Waals surface area contributed by atoms with Gasteiger partial charge in [0.25, 0.3) is 0 Å². The van der Waals surface area contributed by atoms with Crippen LogP contribution in [0.15, 0.2) is 12.2 Å². The van der Waals surface area contributed by atoms with E-state index in [0.29, 0.717) is 18.8 Å². The van der Waals surface area contributed by atoms with Gasteiger partial charge in [-0.2, -0.15) is 0 Å². The first-order chi connectivity index (χ1) is 9.84. The van der Waals surface area contributed by atoms with Gasteiger partial charge in [0.05, 0.1) is 19.8 Å². The highest BCUT2D eigenvalue weighted by molar-refractivity contribution is 5.86. The molecule has 0 saturated heterocycles. The summed E-state index contributed by atoms with van der Waals surface area (Å²) in [5, 5.41) is 2.48. The minimum absolute atomic E-state index is 0.0637. The largest absolute Gasteiger partial charge is 0.460 e. The standard InChI is InChI=1S/C14H25NO6/c1-11(2)12(16)20-7-6-15-13(17)21-10-14(3,8-18-4)9-19-5/h1,6-10H2,2-5H3,(H,15,17). The molecule has 0 aliphatic rings. The van der Waals surface area contributed by atoms with E-state index in [1.165, 1.54) is 0 Å². The van der Waals surface area contributed by atoms with Crippen LogP contribution in [0.25, 0.3) is 0 Å². The summed E-state index contributed by atoms with van der Waals surface area (Å²) < 4.78 is 20.1. The third-order valence-corrected chi connectivity index (χ3v) is 2.49. The lowest BCUT2D eigenvalue weighted by molar-refractivity contribution is -0.138. The van der Waals surface area contributed by atoms with E-state index >= 15 is 0 Å². The highest BCUT2D eigenvalue weighted by atomic mass is 16.6. The molecule has 0 radical (unpaired) electrons. The molecule has 0 aliphatic heterocycles. The number of esters is 1. The van der Waals surface area contributed by atoms with Gasteiger partial charge < -0.3 is 24.3 Å². The number of hydrogen-bond donors (Lipinski definition) is 1. The molecule has 1 N–H and O–H groups in total. The van der Waals surface area contributed by atoms with E-state index in [1.807, 2.05) is 6.92 Å². The molecular weight excluding hydrogens is 278 g/mol. The van der Waals surface area contributed by atoms with Gasteiger partial charge in [0, 0.05) is 25.2 Å². The summed E-state index contributed by atoms with van der Waals surface area (Å²) >= 11 is 0. The number of ether oxygens (including phenoxy) is 4. The van der Waals surface area contributed by atoms with Crippen molar-refractivity contribution >= 4 is 12.1 Å². The summed E-state index contributed by atoms with van der Waals surface area (Å²) in [4.78, 5) is 22.6. The molecule has 0 fully saturated rings. The maximum atomic E-state index is 11.5. The van der Waals surface area contributed by atoms with Gasteiger partial charge >= 0.3 is 12.1 Å². The minimum atomic E-state index is -0.584. The monoisotopic (exact) mass is 303 g/mol. The Labute approximate surface area is 125 Å². The molecule has 0 aromatic carbocycles. The highest BCUT2D eigenvalue weighted by Crippen LogP contribution is 2.17. The zero-order chi connectivity index (χ0) is 16.3. The lowest BCUT2D eigenvalue weighted by Crippen LogP contribution is -2.37. The van der Waals surface area contributed by atoms with Crippen LogP contribution in [0.2, 0.25) is 0 Å². The number of nitrogens with one attached hydrogen (secondary N) is 1. The number of carbonyl (C=O) groups is 2. The van der Waals surface area contributed by atoms with Crippen LogP contribution in [-0.2, 0) is 23.7 Å². The van der Waals surface area contributed by atoms with E-state index in [9.17, 15) is 9.59 Å². The van der Waals surface area contributed by atoms with E-state index in [2.05, 4.69) is 11.9 Å². The fourth-order valence-electron chi connectivity index (χ4n) is 1.53. The van der Waals surface area contributed by atoms with E-state index in [0.717, 1.165) is 0 Å². The summed E-state index contributed by atoms with van der Waals surface area (Å²) in [6.45, 7) is 8.10. The quantitative estimate of drug-likeness (QED) is 0.370. The van der Waals surface area contributed by atoms with Crippen LogP contribution in [-0.4, -0.2) is 59.3 Å². The second-order valence-corrected chi connectivity index (χ2v) is 5.10. The zero-order valence-corrected chi connectivity index (χ0v) is 13.2. The first-order valence-corrected chi connectivity index (χ1v) is 6.56. The zero-order valence-electron chi connectivity index (χ0n) is 13.2. The van der Waals surface area contributed by atoms with Crippen molar-refractivity contribution < 1.29 is 28.5 Å². The van der Waals surface area contributed by atoms with E-state index in [4.69, 9.17) is 18.9 Å². The van der Waals surface area contributed by atoms with Gasteiger partial charge in [-0.3, -0.25) is 0 Å².